The Balaban J connectivity index is 2.22. The van der Waals surface area contributed by atoms with E-state index in [9.17, 15) is 14.4 Å². The van der Waals surface area contributed by atoms with Crippen LogP contribution in [0.25, 0.3) is 0 Å². The van der Waals surface area contributed by atoms with Gasteiger partial charge in [-0.2, -0.15) is 0 Å². The number of nitrogens with zero attached hydrogens (tertiary/aromatic N) is 1. The largest absolute Gasteiger partial charge is 0.303 e. The zero-order valence-corrected chi connectivity index (χ0v) is 13.6. The minimum absolute atomic E-state index is 0.0637. The van der Waals surface area contributed by atoms with E-state index in [-0.39, 0.29) is 41.9 Å². The van der Waals surface area contributed by atoms with Crippen molar-refractivity contribution in [3.8, 4) is 0 Å². The number of hydrogen-bond acceptors (Lipinski definition) is 3. The van der Waals surface area contributed by atoms with Crippen LogP contribution < -0.4 is 4.90 Å². The van der Waals surface area contributed by atoms with Gasteiger partial charge in [-0.05, 0) is 29.5 Å². The lowest BCUT2D eigenvalue weighted by atomic mass is 9.90. The molecule has 1 aliphatic rings. The molecule has 0 radical (unpaired) electrons. The Labute approximate surface area is 131 Å². The van der Waals surface area contributed by atoms with Crippen molar-refractivity contribution in [1.29, 1.82) is 0 Å². The molecular weight excluding hydrogens is 278 g/mol. The summed E-state index contributed by atoms with van der Waals surface area (Å²) in [6, 6.07) is 7.37. The molecule has 1 heterocycles. The van der Waals surface area contributed by atoms with Gasteiger partial charge in [0.25, 0.3) is 0 Å². The normalized spacial score (nSPS) is 21.3. The fraction of sp³-hybridized carbons (Fsp3) is 0.500. The predicted octanol–water partition coefficient (Wildman–Crippen LogP) is 3.16. The molecule has 1 aromatic rings. The van der Waals surface area contributed by atoms with Gasteiger partial charge >= 0.3 is 0 Å². The monoisotopic (exact) mass is 301 g/mol. The second kappa shape index (κ2) is 6.42. The number of benzene rings is 1. The molecule has 1 fully saturated rings. The van der Waals surface area contributed by atoms with E-state index in [0.29, 0.717) is 5.69 Å². The van der Waals surface area contributed by atoms with E-state index in [0.717, 1.165) is 11.8 Å². The molecule has 0 spiro atoms. The molecule has 2 rings (SSSR count). The van der Waals surface area contributed by atoms with Crippen LogP contribution in [0, 0.1) is 17.8 Å². The molecule has 4 nitrogen and oxygen atoms in total. The van der Waals surface area contributed by atoms with Gasteiger partial charge in [0, 0.05) is 12.3 Å². The molecule has 22 heavy (non-hydrogen) atoms. The van der Waals surface area contributed by atoms with Gasteiger partial charge in [-0.15, -0.1) is 0 Å². The highest BCUT2D eigenvalue weighted by atomic mass is 16.2. The lowest BCUT2D eigenvalue weighted by molar-refractivity contribution is -0.122. The highest BCUT2D eigenvalue weighted by molar-refractivity contribution is 6.21. The first-order chi connectivity index (χ1) is 10.4. The summed E-state index contributed by atoms with van der Waals surface area (Å²) in [6.45, 7) is 7.80. The van der Waals surface area contributed by atoms with Crippen molar-refractivity contribution in [3.63, 3.8) is 0 Å². The lowest BCUT2D eigenvalue weighted by Crippen LogP contribution is -2.31. The van der Waals surface area contributed by atoms with Crippen molar-refractivity contribution >= 4 is 23.8 Å². The fourth-order valence-corrected chi connectivity index (χ4v) is 2.80. The number of carbonyl (C=O) groups is 3. The van der Waals surface area contributed by atoms with E-state index < -0.39 is 0 Å². The van der Waals surface area contributed by atoms with Crippen LogP contribution >= 0.6 is 0 Å². The standard InChI is InChI=1S/C18H23NO3/c1-11(2)16-9-17(21)19(18(16)22)15-7-5-14(6-8-15)13(4)12(3)10-20/h5-8,10-13,16H,9H2,1-4H3. The number of aldehydes is 1. The second-order valence-electron chi connectivity index (χ2n) is 6.50. The number of hydrogen-bond donors (Lipinski definition) is 0. The highest BCUT2D eigenvalue weighted by Crippen LogP contribution is 2.32. The Hall–Kier alpha value is -1.97. The maximum absolute atomic E-state index is 12.4. The zero-order chi connectivity index (χ0) is 16.4. The molecule has 0 aromatic heterocycles. The van der Waals surface area contributed by atoms with Crippen molar-refractivity contribution < 1.29 is 14.4 Å². The average molecular weight is 301 g/mol. The van der Waals surface area contributed by atoms with Gasteiger partial charge in [0.15, 0.2) is 0 Å². The molecule has 0 bridgehead atoms. The Morgan fingerprint density at radius 3 is 2.14 bits per heavy atom. The van der Waals surface area contributed by atoms with Gasteiger partial charge < -0.3 is 4.79 Å². The SMILES string of the molecule is CC(C)C1CC(=O)N(c2ccc(C(C)C(C)C=O)cc2)C1=O. The van der Waals surface area contributed by atoms with Crippen molar-refractivity contribution in [2.24, 2.45) is 17.8 Å². The number of rotatable bonds is 5. The van der Waals surface area contributed by atoms with Gasteiger partial charge in [0.05, 0.1) is 11.6 Å². The minimum Gasteiger partial charge on any atom is -0.303 e. The minimum atomic E-state index is -0.221. The zero-order valence-electron chi connectivity index (χ0n) is 13.6. The van der Waals surface area contributed by atoms with Crippen LogP contribution in [-0.4, -0.2) is 18.1 Å². The first kappa shape index (κ1) is 16.4. The quantitative estimate of drug-likeness (QED) is 0.620. The summed E-state index contributed by atoms with van der Waals surface area (Å²) in [7, 11) is 0. The van der Waals surface area contributed by atoms with Gasteiger partial charge in [-0.25, -0.2) is 0 Å². The van der Waals surface area contributed by atoms with Crippen LogP contribution in [0.2, 0.25) is 0 Å². The van der Waals surface area contributed by atoms with Gasteiger partial charge in [0.1, 0.15) is 6.29 Å². The van der Waals surface area contributed by atoms with Crippen LogP contribution in [0.4, 0.5) is 5.69 Å². The predicted molar refractivity (Wildman–Crippen MR) is 85.5 cm³/mol. The van der Waals surface area contributed by atoms with E-state index >= 15 is 0 Å². The van der Waals surface area contributed by atoms with E-state index in [1.807, 2.05) is 39.8 Å². The maximum Gasteiger partial charge on any atom is 0.237 e. The molecule has 1 saturated heterocycles. The Morgan fingerprint density at radius 2 is 1.68 bits per heavy atom. The summed E-state index contributed by atoms with van der Waals surface area (Å²) in [4.78, 5) is 36.7. The van der Waals surface area contributed by atoms with Gasteiger partial charge in [0.2, 0.25) is 11.8 Å². The van der Waals surface area contributed by atoms with Crippen molar-refractivity contribution in [2.45, 2.75) is 40.0 Å². The fourth-order valence-electron chi connectivity index (χ4n) is 2.80. The first-order valence-corrected chi connectivity index (χ1v) is 7.78. The summed E-state index contributed by atoms with van der Waals surface area (Å²) < 4.78 is 0. The van der Waals surface area contributed by atoms with Crippen LogP contribution in [0.5, 0.6) is 0 Å². The Bertz CT molecular complexity index is 576. The molecule has 2 amide bonds. The topological polar surface area (TPSA) is 54.5 Å². The van der Waals surface area contributed by atoms with E-state index in [4.69, 9.17) is 0 Å². The summed E-state index contributed by atoms with van der Waals surface area (Å²) >= 11 is 0. The van der Waals surface area contributed by atoms with E-state index in [1.165, 1.54) is 4.90 Å². The number of anilines is 1. The number of carbonyl (C=O) groups excluding carboxylic acids is 3. The van der Waals surface area contributed by atoms with Gasteiger partial charge in [-0.3, -0.25) is 14.5 Å². The van der Waals surface area contributed by atoms with Crippen molar-refractivity contribution in [1.82, 2.24) is 0 Å². The second-order valence-corrected chi connectivity index (χ2v) is 6.50. The maximum atomic E-state index is 12.4. The molecule has 0 N–H and O–H groups in total. The molecule has 1 aliphatic heterocycles. The summed E-state index contributed by atoms with van der Waals surface area (Å²) in [5, 5.41) is 0. The molecule has 118 valence electrons. The molecule has 3 atom stereocenters. The molecule has 0 saturated carbocycles. The van der Waals surface area contributed by atoms with Crippen molar-refractivity contribution in [3.05, 3.63) is 29.8 Å². The molecule has 4 heteroatoms. The number of imide groups is 1. The third kappa shape index (κ3) is 2.96. The first-order valence-electron chi connectivity index (χ1n) is 7.78. The number of amides is 2. The van der Waals surface area contributed by atoms with E-state index in [2.05, 4.69) is 0 Å². The summed E-state index contributed by atoms with van der Waals surface area (Å²) in [5.41, 5.74) is 1.65. The van der Waals surface area contributed by atoms with Crippen LogP contribution in [-0.2, 0) is 14.4 Å². The molecule has 3 unspecified atom stereocenters. The van der Waals surface area contributed by atoms with Gasteiger partial charge in [-0.1, -0.05) is 39.8 Å². The Morgan fingerprint density at radius 1 is 1.09 bits per heavy atom. The Kier molecular flexibility index (Phi) is 4.79. The molecular formula is C18H23NO3. The third-order valence-corrected chi connectivity index (χ3v) is 4.67. The average Bonchev–Trinajstić information content (AvgIpc) is 2.81. The lowest BCUT2D eigenvalue weighted by Gasteiger charge is -2.19. The van der Waals surface area contributed by atoms with Crippen LogP contribution in [0.3, 0.4) is 0 Å². The van der Waals surface area contributed by atoms with Crippen LogP contribution in [0.1, 0.15) is 45.6 Å². The summed E-state index contributed by atoms with van der Waals surface area (Å²) in [5.74, 6) is -0.255. The summed E-state index contributed by atoms with van der Waals surface area (Å²) in [6.07, 6.45) is 1.23. The van der Waals surface area contributed by atoms with Crippen LogP contribution in [0.15, 0.2) is 24.3 Å². The highest BCUT2D eigenvalue weighted by Gasteiger charge is 2.40. The molecule has 1 aromatic carbocycles. The van der Waals surface area contributed by atoms with Crippen molar-refractivity contribution in [2.75, 3.05) is 4.90 Å². The third-order valence-electron chi connectivity index (χ3n) is 4.67. The van der Waals surface area contributed by atoms with E-state index in [1.54, 1.807) is 12.1 Å². The molecule has 0 aliphatic carbocycles. The smallest absolute Gasteiger partial charge is 0.237 e.